The van der Waals surface area contributed by atoms with Crippen LogP contribution in [0.4, 0.5) is 0 Å². The number of hydrogen-bond acceptors (Lipinski definition) is 4. The molecule has 0 radical (unpaired) electrons. The molecule has 0 aromatic rings. The quantitative estimate of drug-likeness (QED) is 0.442. The van der Waals surface area contributed by atoms with Crippen LogP contribution >= 0.6 is 27.7 Å². The molecule has 1 fully saturated rings. The van der Waals surface area contributed by atoms with Crippen molar-refractivity contribution in [1.82, 2.24) is 4.90 Å². The molecule has 17 heavy (non-hydrogen) atoms. The molecule has 6 heteroatoms. The Bertz CT molecular complexity index is 333. The first-order valence-corrected chi connectivity index (χ1v) is 7.52. The molecule has 1 heterocycles. The molecule has 0 bridgehead atoms. The number of halogens is 1. The summed E-state index contributed by atoms with van der Waals surface area (Å²) in [6, 6.07) is 0. The lowest BCUT2D eigenvalue weighted by Crippen LogP contribution is -2.29. The van der Waals surface area contributed by atoms with Crippen molar-refractivity contribution < 1.29 is 14.3 Å². The number of alkyl halides is 1. The van der Waals surface area contributed by atoms with Crippen molar-refractivity contribution in [2.45, 2.75) is 25.5 Å². The van der Waals surface area contributed by atoms with Crippen LogP contribution in [0.1, 0.15) is 20.3 Å². The number of ether oxygens (including phenoxy) is 1. The van der Waals surface area contributed by atoms with Gasteiger partial charge in [0, 0.05) is 11.9 Å². The number of hydrogen-bond donors (Lipinski definition) is 0. The van der Waals surface area contributed by atoms with E-state index in [0.717, 1.165) is 11.8 Å². The second-order valence-corrected chi connectivity index (χ2v) is 5.68. The Labute approximate surface area is 114 Å². The van der Waals surface area contributed by atoms with E-state index in [-0.39, 0.29) is 17.1 Å². The van der Waals surface area contributed by atoms with E-state index >= 15 is 0 Å². The lowest BCUT2D eigenvalue weighted by molar-refractivity contribution is -0.137. The Morgan fingerprint density at radius 1 is 1.65 bits per heavy atom. The number of carbonyl (C=O) groups is 2. The Morgan fingerprint density at radius 3 is 2.94 bits per heavy atom. The predicted molar refractivity (Wildman–Crippen MR) is 71.9 cm³/mol. The maximum atomic E-state index is 11.9. The lowest BCUT2D eigenvalue weighted by Gasteiger charge is -2.16. The number of amides is 1. The molecular weight excluding hydrogens is 306 g/mol. The first-order chi connectivity index (χ1) is 8.10. The molecule has 1 unspecified atom stereocenters. The van der Waals surface area contributed by atoms with Crippen molar-refractivity contribution >= 4 is 39.6 Å². The van der Waals surface area contributed by atoms with Gasteiger partial charge in [0.2, 0.25) is 5.91 Å². The average Bonchev–Trinajstić information content (AvgIpc) is 2.53. The van der Waals surface area contributed by atoms with E-state index in [1.165, 1.54) is 17.8 Å². The largest absolute Gasteiger partial charge is 0.463 e. The van der Waals surface area contributed by atoms with Gasteiger partial charge < -0.3 is 9.64 Å². The third kappa shape index (κ3) is 4.03. The van der Waals surface area contributed by atoms with Crippen LogP contribution in [-0.4, -0.2) is 40.5 Å². The van der Waals surface area contributed by atoms with Gasteiger partial charge in [-0.2, -0.15) is 0 Å². The third-order valence-corrected chi connectivity index (χ3v) is 3.92. The van der Waals surface area contributed by atoms with Crippen molar-refractivity contribution in [2.75, 3.05) is 18.5 Å². The Kier molecular flexibility index (Phi) is 6.05. The molecule has 0 N–H and O–H groups in total. The minimum absolute atomic E-state index is 0.0616. The molecule has 0 aliphatic carbocycles. The number of carbonyl (C=O) groups excluding carboxylic acids is 2. The van der Waals surface area contributed by atoms with E-state index in [1.807, 2.05) is 6.92 Å². The Hall–Kier alpha value is -0.490. The molecule has 1 amide bonds. The van der Waals surface area contributed by atoms with Gasteiger partial charge in [-0.15, -0.1) is 0 Å². The van der Waals surface area contributed by atoms with E-state index in [4.69, 9.17) is 4.74 Å². The average molecular weight is 322 g/mol. The summed E-state index contributed by atoms with van der Waals surface area (Å²) < 4.78 is 4.85. The number of esters is 1. The monoisotopic (exact) mass is 321 g/mol. The summed E-state index contributed by atoms with van der Waals surface area (Å²) in [7, 11) is 0. The SMILES string of the molecule is CCOC(=O)/C=C1\SC(C)C(=O)N1CCCBr. The van der Waals surface area contributed by atoms with Gasteiger partial charge in [-0.1, -0.05) is 27.7 Å². The molecule has 0 aromatic carbocycles. The fourth-order valence-electron chi connectivity index (χ4n) is 1.46. The highest BCUT2D eigenvalue weighted by Crippen LogP contribution is 2.34. The molecule has 1 aliphatic heterocycles. The van der Waals surface area contributed by atoms with Gasteiger partial charge in [0.05, 0.1) is 23.0 Å². The summed E-state index contributed by atoms with van der Waals surface area (Å²) >= 11 is 4.74. The fourth-order valence-corrected chi connectivity index (χ4v) is 2.77. The Balaban J connectivity index is 2.74. The summed E-state index contributed by atoms with van der Waals surface area (Å²) in [6.45, 7) is 4.58. The van der Waals surface area contributed by atoms with Gasteiger partial charge in [0.15, 0.2) is 0 Å². The number of thioether (sulfide) groups is 1. The fraction of sp³-hybridized carbons (Fsp3) is 0.636. The van der Waals surface area contributed by atoms with E-state index in [9.17, 15) is 9.59 Å². The van der Waals surface area contributed by atoms with Crippen LogP contribution in [0.3, 0.4) is 0 Å². The van der Waals surface area contributed by atoms with Crippen LogP contribution in [0.25, 0.3) is 0 Å². The van der Waals surface area contributed by atoms with Crippen LogP contribution in [0, 0.1) is 0 Å². The first-order valence-electron chi connectivity index (χ1n) is 5.52. The molecule has 0 spiro atoms. The van der Waals surface area contributed by atoms with E-state index < -0.39 is 0 Å². The molecular formula is C11H16BrNO3S. The summed E-state index contributed by atoms with van der Waals surface area (Å²) in [5.74, 6) is -0.327. The maximum absolute atomic E-state index is 11.9. The summed E-state index contributed by atoms with van der Waals surface area (Å²) in [6.07, 6.45) is 2.27. The molecule has 4 nitrogen and oxygen atoms in total. The zero-order chi connectivity index (χ0) is 12.8. The highest BCUT2D eigenvalue weighted by atomic mass is 79.9. The summed E-state index contributed by atoms with van der Waals surface area (Å²) in [5, 5.41) is 1.41. The molecule has 0 aromatic heterocycles. The van der Waals surface area contributed by atoms with Crippen LogP contribution in [0.15, 0.2) is 11.1 Å². The zero-order valence-electron chi connectivity index (χ0n) is 9.94. The van der Waals surface area contributed by atoms with Crippen LogP contribution in [-0.2, 0) is 14.3 Å². The van der Waals surface area contributed by atoms with E-state index in [1.54, 1.807) is 11.8 Å². The van der Waals surface area contributed by atoms with Gasteiger partial charge in [-0.05, 0) is 20.3 Å². The molecule has 96 valence electrons. The molecule has 0 saturated carbocycles. The lowest BCUT2D eigenvalue weighted by atomic mass is 10.3. The molecule has 1 saturated heterocycles. The molecule has 1 aliphatic rings. The standard InChI is InChI=1S/C11H16BrNO3S/c1-3-16-10(14)7-9-13(6-4-5-12)11(15)8(2)17-9/h7-8H,3-6H2,1-2H3/b9-7-. The molecule has 1 rings (SSSR count). The second kappa shape index (κ2) is 7.06. The van der Waals surface area contributed by atoms with E-state index in [2.05, 4.69) is 15.9 Å². The first kappa shape index (κ1) is 14.6. The predicted octanol–water partition coefficient (Wildman–Crippen LogP) is 2.14. The van der Waals surface area contributed by atoms with Gasteiger partial charge in [0.25, 0.3) is 0 Å². The summed E-state index contributed by atoms with van der Waals surface area (Å²) in [4.78, 5) is 24.9. The third-order valence-electron chi connectivity index (χ3n) is 2.22. The van der Waals surface area contributed by atoms with Crippen molar-refractivity contribution in [3.05, 3.63) is 11.1 Å². The van der Waals surface area contributed by atoms with Crippen LogP contribution in [0.2, 0.25) is 0 Å². The topological polar surface area (TPSA) is 46.6 Å². The van der Waals surface area contributed by atoms with Crippen molar-refractivity contribution in [2.24, 2.45) is 0 Å². The normalized spacial score (nSPS) is 22.3. The minimum atomic E-state index is -0.388. The van der Waals surface area contributed by atoms with Crippen LogP contribution in [0.5, 0.6) is 0 Å². The highest BCUT2D eigenvalue weighted by Gasteiger charge is 2.33. The van der Waals surface area contributed by atoms with Crippen molar-refractivity contribution in [3.63, 3.8) is 0 Å². The van der Waals surface area contributed by atoms with E-state index in [0.29, 0.717) is 18.2 Å². The van der Waals surface area contributed by atoms with Crippen LogP contribution < -0.4 is 0 Å². The van der Waals surface area contributed by atoms with Gasteiger partial charge in [0.1, 0.15) is 0 Å². The summed E-state index contributed by atoms with van der Waals surface area (Å²) in [5.41, 5.74) is 0. The second-order valence-electron chi connectivity index (χ2n) is 3.53. The Morgan fingerprint density at radius 2 is 2.35 bits per heavy atom. The van der Waals surface area contributed by atoms with Gasteiger partial charge in [-0.3, -0.25) is 4.79 Å². The molecule has 1 atom stereocenters. The smallest absolute Gasteiger partial charge is 0.333 e. The maximum Gasteiger partial charge on any atom is 0.333 e. The number of rotatable bonds is 5. The number of nitrogens with zero attached hydrogens (tertiary/aromatic N) is 1. The van der Waals surface area contributed by atoms with Gasteiger partial charge >= 0.3 is 5.97 Å². The zero-order valence-corrected chi connectivity index (χ0v) is 12.3. The van der Waals surface area contributed by atoms with Crippen molar-refractivity contribution in [1.29, 1.82) is 0 Å². The van der Waals surface area contributed by atoms with Gasteiger partial charge in [-0.25, -0.2) is 4.79 Å². The van der Waals surface area contributed by atoms with Crippen molar-refractivity contribution in [3.8, 4) is 0 Å². The highest BCUT2D eigenvalue weighted by molar-refractivity contribution is 9.09. The minimum Gasteiger partial charge on any atom is -0.463 e.